The summed E-state index contributed by atoms with van der Waals surface area (Å²) in [5, 5.41) is 3.41. The molecule has 0 aliphatic carbocycles. The molecule has 138 valence electrons. The van der Waals surface area contributed by atoms with Crippen molar-refractivity contribution in [3.05, 3.63) is 48.0 Å². The summed E-state index contributed by atoms with van der Waals surface area (Å²) < 4.78 is 11.4. The number of unbranched alkanes of at least 4 members (excludes halogenated alkanes) is 1. The Labute approximate surface area is 169 Å². The Kier molecular flexibility index (Phi) is 8.80. The van der Waals surface area contributed by atoms with Gasteiger partial charge in [0.25, 0.3) is 6.47 Å². The van der Waals surface area contributed by atoms with Gasteiger partial charge in [0.1, 0.15) is 11.7 Å². The highest BCUT2D eigenvalue weighted by Gasteiger charge is 2.14. The van der Waals surface area contributed by atoms with Gasteiger partial charge in [-0.2, -0.15) is 0 Å². The van der Waals surface area contributed by atoms with E-state index >= 15 is 0 Å². The van der Waals surface area contributed by atoms with Crippen LogP contribution in [0.2, 0.25) is 0 Å². The zero-order valence-corrected chi connectivity index (χ0v) is 17.0. The summed E-state index contributed by atoms with van der Waals surface area (Å²) >= 11 is 11.3. The van der Waals surface area contributed by atoms with Crippen LogP contribution in [0.3, 0.4) is 0 Å². The second kappa shape index (κ2) is 11.1. The lowest BCUT2D eigenvalue weighted by atomic mass is 10.2. The van der Waals surface area contributed by atoms with E-state index in [-0.39, 0.29) is 5.94 Å². The molecule has 0 heterocycles. The van der Waals surface area contributed by atoms with E-state index in [1.165, 1.54) is 11.8 Å². The smallest absolute Gasteiger partial charge is 0.293 e. The summed E-state index contributed by atoms with van der Waals surface area (Å²) in [6.45, 7) is 3.38. The maximum atomic E-state index is 10.3. The summed E-state index contributed by atoms with van der Waals surface area (Å²) in [7, 11) is 0. The van der Waals surface area contributed by atoms with Crippen LogP contribution in [0.4, 0.5) is 5.69 Å². The first kappa shape index (κ1) is 20.6. The summed E-state index contributed by atoms with van der Waals surface area (Å²) in [4.78, 5) is 11.0. The van der Waals surface area contributed by atoms with E-state index < -0.39 is 0 Å². The van der Waals surface area contributed by atoms with Crippen LogP contribution in [0.5, 0.6) is 11.5 Å². The third-order valence-electron chi connectivity index (χ3n) is 3.44. The van der Waals surface area contributed by atoms with Crippen LogP contribution in [0, 0.1) is 0 Å². The summed E-state index contributed by atoms with van der Waals surface area (Å²) in [5.41, 5.74) is 1.67. The minimum atomic E-state index is 0.186. The number of thiocarbonyl (C=S) groups is 1. The van der Waals surface area contributed by atoms with Crippen molar-refractivity contribution in [2.45, 2.75) is 24.7 Å². The molecule has 2 aromatic rings. The average molecular weight is 408 g/mol. The van der Waals surface area contributed by atoms with Crippen molar-refractivity contribution in [3.8, 4) is 11.5 Å². The second-order valence-electron chi connectivity index (χ2n) is 5.38. The molecule has 0 saturated heterocycles. The molecule has 0 spiro atoms. The minimum Gasteiger partial charge on any atom is -0.456 e. The number of anilines is 1. The first-order valence-electron chi connectivity index (χ1n) is 8.21. The van der Waals surface area contributed by atoms with Gasteiger partial charge in [-0.05, 0) is 30.7 Å². The third kappa shape index (κ3) is 6.23. The quantitative estimate of drug-likeness (QED) is 0.178. The number of thiol groups is 1. The van der Waals surface area contributed by atoms with Gasteiger partial charge in [0, 0.05) is 17.0 Å². The van der Waals surface area contributed by atoms with Gasteiger partial charge in [0.05, 0.1) is 9.88 Å². The average Bonchev–Trinajstić information content (AvgIpc) is 2.65. The van der Waals surface area contributed by atoms with Gasteiger partial charge in [-0.1, -0.05) is 55.5 Å². The zero-order valence-electron chi connectivity index (χ0n) is 14.4. The number of hydrogen-bond acceptors (Lipinski definition) is 7. The molecule has 2 rings (SSSR count). The number of benzene rings is 2. The number of rotatable bonds is 10. The van der Waals surface area contributed by atoms with Crippen LogP contribution >= 0.6 is 36.6 Å². The Bertz CT molecular complexity index is 738. The van der Waals surface area contributed by atoms with Crippen molar-refractivity contribution in [2.75, 3.05) is 17.8 Å². The number of hydrogen-bond donors (Lipinski definition) is 2. The number of ether oxygens (including phenoxy) is 2. The van der Waals surface area contributed by atoms with Crippen molar-refractivity contribution in [1.82, 2.24) is 0 Å². The molecule has 4 nitrogen and oxygen atoms in total. The summed E-state index contributed by atoms with van der Waals surface area (Å²) in [6.07, 6.45) is 2.13. The number of carbonyl (C=O) groups excluding carboxylic acids is 1. The van der Waals surface area contributed by atoms with Crippen LogP contribution in [-0.2, 0) is 9.53 Å². The highest BCUT2D eigenvalue weighted by molar-refractivity contribution is 8.23. The fraction of sp³-hybridized carbons (Fsp3) is 0.263. The molecule has 0 amide bonds. The van der Waals surface area contributed by atoms with Crippen molar-refractivity contribution >= 4 is 53.0 Å². The van der Waals surface area contributed by atoms with Crippen molar-refractivity contribution in [3.63, 3.8) is 0 Å². The van der Waals surface area contributed by atoms with Crippen molar-refractivity contribution in [2.24, 2.45) is 0 Å². The van der Waals surface area contributed by atoms with E-state index in [2.05, 4.69) is 24.9 Å². The van der Waals surface area contributed by atoms with E-state index in [1.807, 2.05) is 42.5 Å². The molecule has 0 atom stereocenters. The maximum Gasteiger partial charge on any atom is 0.293 e. The molecule has 26 heavy (non-hydrogen) atoms. The molecule has 0 radical (unpaired) electrons. The molecule has 7 heteroatoms. The van der Waals surface area contributed by atoms with Gasteiger partial charge in [-0.15, -0.1) is 12.6 Å². The number of para-hydroxylation sites is 1. The standard InChI is InChI=1S/C19H21NO3S3/c1-2-3-9-20-16-10-14(19(25)26-13-22-12-21)11-17(24)18(16)23-15-7-5-4-6-8-15/h4-8,10-12,20,24H,2-3,9,13H2,1H3. The predicted octanol–water partition coefficient (Wildman–Crippen LogP) is 5.52. The highest BCUT2D eigenvalue weighted by atomic mass is 32.2. The largest absolute Gasteiger partial charge is 0.456 e. The zero-order chi connectivity index (χ0) is 18.8. The van der Waals surface area contributed by atoms with Crippen LogP contribution < -0.4 is 10.1 Å². The van der Waals surface area contributed by atoms with E-state index in [1.54, 1.807) is 0 Å². The third-order valence-corrected chi connectivity index (χ3v) is 5.11. The molecule has 0 fully saturated rings. The van der Waals surface area contributed by atoms with Crippen LogP contribution in [-0.4, -0.2) is 23.2 Å². The van der Waals surface area contributed by atoms with E-state index in [0.717, 1.165) is 36.4 Å². The molecular weight excluding hydrogens is 386 g/mol. The fourth-order valence-electron chi connectivity index (χ4n) is 2.17. The molecule has 0 aromatic heterocycles. The number of carbonyl (C=O) groups is 1. The number of thioether (sulfide) groups is 1. The predicted molar refractivity (Wildman–Crippen MR) is 115 cm³/mol. The van der Waals surface area contributed by atoms with Crippen molar-refractivity contribution < 1.29 is 14.3 Å². The number of nitrogens with one attached hydrogen (secondary N) is 1. The lowest BCUT2D eigenvalue weighted by molar-refractivity contribution is -0.126. The van der Waals surface area contributed by atoms with E-state index in [0.29, 0.717) is 21.3 Å². The fourth-order valence-corrected chi connectivity index (χ4v) is 3.26. The van der Waals surface area contributed by atoms with Gasteiger partial charge in [-0.3, -0.25) is 4.79 Å². The van der Waals surface area contributed by atoms with E-state index in [4.69, 9.17) is 21.7 Å². The molecule has 2 aromatic carbocycles. The van der Waals surface area contributed by atoms with Gasteiger partial charge in [0.2, 0.25) is 0 Å². The lowest BCUT2D eigenvalue weighted by Crippen LogP contribution is -2.05. The summed E-state index contributed by atoms with van der Waals surface area (Å²) in [5.74, 6) is 1.59. The monoisotopic (exact) mass is 407 g/mol. The molecule has 0 unspecified atom stereocenters. The molecule has 0 bridgehead atoms. The Balaban J connectivity index is 2.27. The van der Waals surface area contributed by atoms with Gasteiger partial charge in [0.15, 0.2) is 5.75 Å². The second-order valence-corrected chi connectivity index (χ2v) is 7.46. The Morgan fingerprint density at radius 3 is 2.77 bits per heavy atom. The van der Waals surface area contributed by atoms with E-state index in [9.17, 15) is 4.79 Å². The molecule has 0 aliphatic heterocycles. The van der Waals surface area contributed by atoms with Crippen LogP contribution in [0.25, 0.3) is 0 Å². The van der Waals surface area contributed by atoms with Crippen molar-refractivity contribution in [1.29, 1.82) is 0 Å². The normalized spacial score (nSPS) is 10.2. The van der Waals surface area contributed by atoms with Gasteiger partial charge < -0.3 is 14.8 Å². The summed E-state index contributed by atoms with van der Waals surface area (Å²) in [6, 6.07) is 13.4. The lowest BCUT2D eigenvalue weighted by Gasteiger charge is -2.17. The maximum absolute atomic E-state index is 10.3. The topological polar surface area (TPSA) is 47.6 Å². The van der Waals surface area contributed by atoms with Crippen LogP contribution in [0.15, 0.2) is 47.4 Å². The minimum absolute atomic E-state index is 0.186. The Morgan fingerprint density at radius 1 is 1.31 bits per heavy atom. The SMILES string of the molecule is CCCCNc1cc(C(=S)SCOC=O)cc(S)c1Oc1ccccc1. The first-order valence-corrected chi connectivity index (χ1v) is 10.1. The Hall–Kier alpha value is -1.70. The van der Waals surface area contributed by atoms with Gasteiger partial charge in [-0.25, -0.2) is 0 Å². The van der Waals surface area contributed by atoms with Gasteiger partial charge >= 0.3 is 0 Å². The molecule has 0 aliphatic rings. The Morgan fingerprint density at radius 2 is 2.08 bits per heavy atom. The molecular formula is C19H21NO3S3. The first-order chi connectivity index (χ1) is 12.7. The van der Waals surface area contributed by atoms with Crippen LogP contribution in [0.1, 0.15) is 25.3 Å². The molecule has 1 N–H and O–H groups in total. The molecule has 0 saturated carbocycles. The highest BCUT2D eigenvalue weighted by Crippen LogP contribution is 2.37.